The molecular weight excluding hydrogens is 495 g/mol. The molecule has 2 heterocycles. The minimum Gasteiger partial charge on any atom is -0.430 e. The maximum absolute atomic E-state index is 15.5. The van der Waals surface area contributed by atoms with E-state index in [0.717, 1.165) is 12.1 Å². The monoisotopic (exact) mass is 523 g/mol. The van der Waals surface area contributed by atoms with Gasteiger partial charge in [0.1, 0.15) is 22.6 Å². The van der Waals surface area contributed by atoms with Crippen LogP contribution in [-0.4, -0.2) is 41.9 Å². The minimum atomic E-state index is -3.84. The van der Waals surface area contributed by atoms with Gasteiger partial charge in [-0.2, -0.15) is 4.31 Å². The largest absolute Gasteiger partial charge is 0.430 e. The molecule has 0 radical (unpaired) electrons. The third-order valence-electron chi connectivity index (χ3n) is 7.42. The fourth-order valence-electron chi connectivity index (χ4n) is 5.75. The van der Waals surface area contributed by atoms with Gasteiger partial charge in [-0.3, -0.25) is 0 Å². The Morgan fingerprint density at radius 2 is 1.86 bits per heavy atom. The highest BCUT2D eigenvalue weighted by molar-refractivity contribution is 7.89. The molecule has 2 aromatic rings. The SMILES string of the molecule is C[C@H]1CC[C@H](c2ccccc2)S(=O)(=O)N1Cc1cc(F)c(C2(C3=NNC(O)O3)CC(C)(F)C2)cc1F. The van der Waals surface area contributed by atoms with Gasteiger partial charge in [-0.1, -0.05) is 30.3 Å². The summed E-state index contributed by atoms with van der Waals surface area (Å²) < 4.78 is 78.9. The first-order valence-electron chi connectivity index (χ1n) is 11.8. The third kappa shape index (κ3) is 4.16. The molecule has 2 aromatic carbocycles. The van der Waals surface area contributed by atoms with Crippen molar-refractivity contribution in [3.05, 3.63) is 70.8 Å². The topological polar surface area (TPSA) is 91.2 Å². The van der Waals surface area contributed by atoms with Gasteiger partial charge in [-0.25, -0.2) is 27.0 Å². The quantitative estimate of drug-likeness (QED) is 0.619. The van der Waals surface area contributed by atoms with Gasteiger partial charge < -0.3 is 9.84 Å². The Morgan fingerprint density at radius 3 is 2.47 bits per heavy atom. The normalized spacial score (nSPS) is 33.8. The second-order valence-electron chi connectivity index (χ2n) is 10.2. The number of rotatable bonds is 5. The van der Waals surface area contributed by atoms with E-state index in [4.69, 9.17) is 4.74 Å². The molecule has 0 bridgehead atoms. The fourth-order valence-corrected chi connectivity index (χ4v) is 7.94. The molecule has 1 saturated heterocycles. The predicted octanol–water partition coefficient (Wildman–Crippen LogP) is 3.99. The average molecular weight is 524 g/mol. The lowest BCUT2D eigenvalue weighted by atomic mass is 9.57. The van der Waals surface area contributed by atoms with Gasteiger partial charge in [0.2, 0.25) is 15.9 Å². The Morgan fingerprint density at radius 1 is 1.17 bits per heavy atom. The lowest BCUT2D eigenvalue weighted by Gasteiger charge is -2.49. The number of nitrogens with one attached hydrogen (secondary N) is 1. The Kier molecular flexibility index (Phi) is 6.08. The first-order valence-corrected chi connectivity index (χ1v) is 13.3. The van der Waals surface area contributed by atoms with Gasteiger partial charge in [0.25, 0.3) is 6.41 Å². The van der Waals surface area contributed by atoms with Gasteiger partial charge in [0.15, 0.2) is 0 Å². The van der Waals surface area contributed by atoms with Crippen molar-refractivity contribution in [2.45, 2.75) is 74.9 Å². The van der Waals surface area contributed by atoms with Gasteiger partial charge in [-0.15, -0.1) is 5.10 Å². The number of aliphatic hydroxyl groups is 1. The zero-order valence-electron chi connectivity index (χ0n) is 19.9. The molecule has 7 nitrogen and oxygen atoms in total. The zero-order chi connectivity index (χ0) is 25.9. The summed E-state index contributed by atoms with van der Waals surface area (Å²) in [5.74, 6) is -1.75. The second-order valence-corrected chi connectivity index (χ2v) is 12.3. The van der Waals surface area contributed by atoms with Crippen molar-refractivity contribution in [2.75, 3.05) is 0 Å². The van der Waals surface area contributed by atoms with E-state index in [-0.39, 0.29) is 36.4 Å². The highest BCUT2D eigenvalue weighted by Gasteiger charge is 2.60. The first kappa shape index (κ1) is 25.0. The molecule has 2 fully saturated rings. The van der Waals surface area contributed by atoms with E-state index in [1.165, 1.54) is 11.2 Å². The summed E-state index contributed by atoms with van der Waals surface area (Å²) in [6, 6.07) is 10.4. The summed E-state index contributed by atoms with van der Waals surface area (Å²) in [6.07, 6.45) is -0.866. The fraction of sp³-hybridized carbons (Fsp3) is 0.480. The summed E-state index contributed by atoms with van der Waals surface area (Å²) in [5.41, 5.74) is -0.366. The lowest BCUT2D eigenvalue weighted by Crippen LogP contribution is -2.56. The van der Waals surface area contributed by atoms with Crippen LogP contribution in [0.25, 0.3) is 0 Å². The van der Waals surface area contributed by atoms with E-state index in [2.05, 4.69) is 10.5 Å². The molecule has 0 amide bonds. The maximum atomic E-state index is 15.5. The van der Waals surface area contributed by atoms with Crippen LogP contribution < -0.4 is 5.43 Å². The van der Waals surface area contributed by atoms with Crippen molar-refractivity contribution < 1.29 is 31.4 Å². The Hall–Kier alpha value is -2.63. The molecule has 0 aromatic heterocycles. The summed E-state index contributed by atoms with van der Waals surface area (Å²) in [4.78, 5) is 0. The van der Waals surface area contributed by atoms with Crippen LogP contribution >= 0.6 is 0 Å². The van der Waals surface area contributed by atoms with Crippen molar-refractivity contribution in [1.82, 2.24) is 9.73 Å². The second kappa shape index (κ2) is 8.74. The van der Waals surface area contributed by atoms with Crippen LogP contribution in [0, 0.1) is 11.6 Å². The van der Waals surface area contributed by atoms with Crippen LogP contribution in [0.2, 0.25) is 0 Å². The summed E-state index contributed by atoms with van der Waals surface area (Å²) in [6.45, 7) is 2.77. The number of hydrazone groups is 1. The Balaban J connectivity index is 1.47. The van der Waals surface area contributed by atoms with E-state index in [9.17, 15) is 17.9 Å². The van der Waals surface area contributed by atoms with Gasteiger partial charge in [0, 0.05) is 23.7 Å². The number of aliphatic hydroxyl groups excluding tert-OH is 1. The summed E-state index contributed by atoms with van der Waals surface area (Å²) >= 11 is 0. The number of hydrogen-bond acceptors (Lipinski definition) is 6. The van der Waals surface area contributed by atoms with Crippen LogP contribution in [0.1, 0.15) is 61.5 Å². The molecule has 1 aliphatic carbocycles. The molecule has 0 spiro atoms. The molecule has 2 aliphatic heterocycles. The van der Waals surface area contributed by atoms with Gasteiger partial charge in [0.05, 0.1) is 5.41 Å². The molecule has 1 unspecified atom stereocenters. The molecule has 3 aliphatic rings. The van der Waals surface area contributed by atoms with Gasteiger partial charge in [-0.05, 0) is 57.2 Å². The van der Waals surface area contributed by atoms with Crippen molar-refractivity contribution >= 4 is 15.9 Å². The van der Waals surface area contributed by atoms with E-state index < -0.39 is 50.4 Å². The van der Waals surface area contributed by atoms with E-state index >= 15 is 8.78 Å². The molecule has 3 atom stereocenters. The minimum absolute atomic E-state index is 0.117. The predicted molar refractivity (Wildman–Crippen MR) is 127 cm³/mol. The Labute approximate surface area is 208 Å². The highest BCUT2D eigenvalue weighted by atomic mass is 32.2. The number of alkyl halides is 1. The number of nitrogens with zero attached hydrogens (tertiary/aromatic N) is 2. The number of hydrogen-bond donors (Lipinski definition) is 2. The first-order chi connectivity index (χ1) is 16.9. The molecule has 2 N–H and O–H groups in total. The van der Waals surface area contributed by atoms with Crippen LogP contribution in [0.3, 0.4) is 0 Å². The third-order valence-corrected chi connectivity index (χ3v) is 9.79. The molecule has 5 rings (SSSR count). The van der Waals surface area contributed by atoms with E-state index in [1.807, 2.05) is 0 Å². The number of ether oxygens (including phenoxy) is 1. The highest BCUT2D eigenvalue weighted by Crippen LogP contribution is 2.54. The van der Waals surface area contributed by atoms with Crippen molar-refractivity contribution in [3.63, 3.8) is 0 Å². The molecule has 1 saturated carbocycles. The van der Waals surface area contributed by atoms with Crippen molar-refractivity contribution in [2.24, 2.45) is 5.10 Å². The average Bonchev–Trinajstić information content (AvgIpc) is 3.23. The van der Waals surface area contributed by atoms with E-state index in [1.54, 1.807) is 37.3 Å². The smallest absolute Gasteiger partial charge is 0.295 e. The molecular formula is C25H28F3N3O4S. The number of benzene rings is 2. The summed E-state index contributed by atoms with van der Waals surface area (Å²) in [7, 11) is -3.84. The zero-order valence-corrected chi connectivity index (χ0v) is 20.7. The van der Waals surface area contributed by atoms with Crippen molar-refractivity contribution in [1.29, 1.82) is 0 Å². The van der Waals surface area contributed by atoms with E-state index in [0.29, 0.717) is 18.4 Å². The maximum Gasteiger partial charge on any atom is 0.295 e. The number of sulfonamides is 1. The molecule has 36 heavy (non-hydrogen) atoms. The lowest BCUT2D eigenvalue weighted by molar-refractivity contribution is -0.0504. The number of halogens is 3. The molecule has 11 heteroatoms. The van der Waals surface area contributed by atoms with Crippen molar-refractivity contribution in [3.8, 4) is 0 Å². The van der Waals surface area contributed by atoms with Gasteiger partial charge >= 0.3 is 0 Å². The van der Waals surface area contributed by atoms with Crippen LogP contribution in [0.15, 0.2) is 47.6 Å². The Bertz CT molecular complexity index is 1300. The standard InChI is InChI=1S/C25H28F3N3O4S/c1-15-8-9-21(16-6-4-3-5-7-16)36(33,34)31(15)12-17-10-20(27)18(11-19(17)26)25(13-24(2,28)14-25)22-29-30-23(32)35-22/h3-7,10-11,15,21,23,30,32H,8-9,12-14H2,1-2H3/t15-,21+,23?,24?,25?/m0/s1. The summed E-state index contributed by atoms with van der Waals surface area (Å²) in [5, 5.41) is 12.7. The van der Waals surface area contributed by atoms with Crippen LogP contribution in [0.5, 0.6) is 0 Å². The van der Waals surface area contributed by atoms with Crippen LogP contribution in [-0.2, 0) is 26.7 Å². The molecule has 194 valence electrons. The van der Waals surface area contributed by atoms with Crippen LogP contribution in [0.4, 0.5) is 13.2 Å².